The van der Waals surface area contributed by atoms with Crippen molar-refractivity contribution in [3.8, 4) is 5.75 Å². The van der Waals surface area contributed by atoms with Crippen molar-refractivity contribution in [1.29, 1.82) is 0 Å². The Labute approximate surface area is 152 Å². The van der Waals surface area contributed by atoms with Gasteiger partial charge in [-0.05, 0) is 49.9 Å². The summed E-state index contributed by atoms with van der Waals surface area (Å²) in [6.45, 7) is 3.94. The smallest absolute Gasteiger partial charge is 0.251 e. The molecular formula is C17H22N2O4S2. The molecule has 2 aromatic rings. The number of carbonyl (C=O) groups excluding carboxylic acids is 1. The average molecular weight is 383 g/mol. The minimum Gasteiger partial charge on any atom is -0.495 e. The molecule has 0 aliphatic rings. The van der Waals surface area contributed by atoms with E-state index in [0.29, 0.717) is 6.54 Å². The molecule has 0 radical (unpaired) electrons. The highest BCUT2D eigenvalue weighted by atomic mass is 32.2. The number of methoxy groups -OCH3 is 1. The summed E-state index contributed by atoms with van der Waals surface area (Å²) in [5.41, 5.74) is 0.274. The molecule has 1 aromatic heterocycles. The lowest BCUT2D eigenvalue weighted by Gasteiger charge is -2.14. The summed E-state index contributed by atoms with van der Waals surface area (Å²) in [6, 6.07) is 8.08. The molecule has 0 unspecified atom stereocenters. The molecule has 1 heterocycles. The molecule has 8 heteroatoms. The lowest BCUT2D eigenvalue weighted by atomic mass is 10.2. The third kappa shape index (κ3) is 5.29. The van der Waals surface area contributed by atoms with Crippen LogP contribution in [-0.4, -0.2) is 34.0 Å². The summed E-state index contributed by atoms with van der Waals surface area (Å²) in [4.78, 5) is 13.4. The van der Waals surface area contributed by atoms with E-state index in [1.54, 1.807) is 31.3 Å². The first-order valence-corrected chi connectivity index (χ1v) is 10.2. The van der Waals surface area contributed by atoms with Gasteiger partial charge < -0.3 is 10.1 Å². The Hall–Kier alpha value is -1.90. The first-order chi connectivity index (χ1) is 11.8. The second-order valence-corrected chi connectivity index (χ2v) is 8.44. The van der Waals surface area contributed by atoms with Crippen LogP contribution in [0, 0.1) is 0 Å². The fourth-order valence-corrected chi connectivity index (χ4v) is 4.41. The predicted molar refractivity (Wildman–Crippen MR) is 98.8 cm³/mol. The Bertz CT molecular complexity index is 815. The molecule has 0 atom stereocenters. The fraction of sp³-hybridized carbons (Fsp3) is 0.353. The SMILES string of the molecule is COc1ccc(C(=O)NCCc2cccs2)cc1S(=O)(=O)NC(C)C. The molecule has 6 nitrogen and oxygen atoms in total. The topological polar surface area (TPSA) is 84.5 Å². The Morgan fingerprint density at radius 2 is 2.04 bits per heavy atom. The average Bonchev–Trinajstić information content (AvgIpc) is 3.06. The number of hydrogen-bond donors (Lipinski definition) is 2. The quantitative estimate of drug-likeness (QED) is 0.734. The van der Waals surface area contributed by atoms with Gasteiger partial charge in [0.25, 0.3) is 5.91 Å². The van der Waals surface area contributed by atoms with Crippen LogP contribution in [0.15, 0.2) is 40.6 Å². The van der Waals surface area contributed by atoms with Crippen LogP contribution in [0.1, 0.15) is 29.1 Å². The lowest BCUT2D eigenvalue weighted by molar-refractivity contribution is 0.0954. The second kappa shape index (κ2) is 8.46. The first-order valence-electron chi connectivity index (χ1n) is 7.84. The van der Waals surface area contributed by atoms with Crippen LogP contribution < -0.4 is 14.8 Å². The van der Waals surface area contributed by atoms with Crippen LogP contribution in [0.5, 0.6) is 5.75 Å². The summed E-state index contributed by atoms with van der Waals surface area (Å²) >= 11 is 1.63. The highest BCUT2D eigenvalue weighted by Crippen LogP contribution is 2.25. The molecule has 0 spiro atoms. The predicted octanol–water partition coefficient (Wildman–Crippen LogP) is 2.42. The van der Waals surface area contributed by atoms with Gasteiger partial charge in [-0.25, -0.2) is 13.1 Å². The number of carbonyl (C=O) groups is 1. The highest BCUT2D eigenvalue weighted by Gasteiger charge is 2.22. The minimum absolute atomic E-state index is 0.0467. The van der Waals surface area contributed by atoms with Crippen molar-refractivity contribution in [2.24, 2.45) is 0 Å². The Morgan fingerprint density at radius 1 is 1.28 bits per heavy atom. The lowest BCUT2D eigenvalue weighted by Crippen LogP contribution is -2.31. The molecule has 0 bridgehead atoms. The zero-order valence-electron chi connectivity index (χ0n) is 14.4. The number of nitrogens with one attached hydrogen (secondary N) is 2. The maximum Gasteiger partial charge on any atom is 0.251 e. The molecule has 0 saturated carbocycles. The van der Waals surface area contributed by atoms with Crippen molar-refractivity contribution in [2.75, 3.05) is 13.7 Å². The van der Waals surface area contributed by atoms with E-state index in [-0.39, 0.29) is 28.2 Å². The van der Waals surface area contributed by atoms with E-state index < -0.39 is 10.0 Å². The number of thiophene rings is 1. The van der Waals surface area contributed by atoms with Crippen LogP contribution in [0.3, 0.4) is 0 Å². The van der Waals surface area contributed by atoms with E-state index in [1.165, 1.54) is 24.1 Å². The summed E-state index contributed by atoms with van der Waals surface area (Å²) in [7, 11) is -2.37. The molecule has 0 aliphatic carbocycles. The maximum absolute atomic E-state index is 12.4. The van der Waals surface area contributed by atoms with Crippen molar-refractivity contribution in [1.82, 2.24) is 10.0 Å². The van der Waals surface area contributed by atoms with Crippen molar-refractivity contribution < 1.29 is 17.9 Å². The number of sulfonamides is 1. The van der Waals surface area contributed by atoms with Gasteiger partial charge in [-0.2, -0.15) is 0 Å². The molecule has 25 heavy (non-hydrogen) atoms. The van der Waals surface area contributed by atoms with Gasteiger partial charge in [0.1, 0.15) is 10.6 Å². The maximum atomic E-state index is 12.4. The van der Waals surface area contributed by atoms with Gasteiger partial charge in [-0.15, -0.1) is 11.3 Å². The van der Waals surface area contributed by atoms with Gasteiger partial charge in [-0.1, -0.05) is 6.07 Å². The molecular weight excluding hydrogens is 360 g/mol. The van der Waals surface area contributed by atoms with Crippen molar-refractivity contribution in [2.45, 2.75) is 31.2 Å². The Morgan fingerprint density at radius 3 is 2.64 bits per heavy atom. The molecule has 1 amide bonds. The third-order valence-corrected chi connectivity index (χ3v) is 5.96. The first kappa shape index (κ1) is 19.4. The number of ether oxygens (including phenoxy) is 1. The molecule has 136 valence electrons. The Kier molecular flexibility index (Phi) is 6.57. The molecule has 2 N–H and O–H groups in total. The number of benzene rings is 1. The van der Waals surface area contributed by atoms with Gasteiger partial charge in [0.2, 0.25) is 10.0 Å². The summed E-state index contributed by atoms with van der Waals surface area (Å²) in [5.74, 6) is -0.122. The van der Waals surface area contributed by atoms with E-state index in [2.05, 4.69) is 10.0 Å². The summed E-state index contributed by atoms with van der Waals surface area (Å²) in [6.07, 6.45) is 0.736. The van der Waals surface area contributed by atoms with Gasteiger partial charge in [-0.3, -0.25) is 4.79 Å². The fourth-order valence-electron chi connectivity index (χ4n) is 2.26. The van der Waals surface area contributed by atoms with Crippen LogP contribution >= 0.6 is 11.3 Å². The van der Waals surface area contributed by atoms with E-state index in [4.69, 9.17) is 4.74 Å². The number of rotatable bonds is 8. The second-order valence-electron chi connectivity index (χ2n) is 5.73. The summed E-state index contributed by atoms with van der Waals surface area (Å²) in [5, 5.41) is 4.79. The molecule has 0 saturated heterocycles. The van der Waals surface area contributed by atoms with E-state index in [1.807, 2.05) is 17.5 Å². The zero-order chi connectivity index (χ0) is 18.4. The molecule has 0 aliphatic heterocycles. The monoisotopic (exact) mass is 382 g/mol. The van der Waals surface area contributed by atoms with E-state index >= 15 is 0 Å². The zero-order valence-corrected chi connectivity index (χ0v) is 16.0. The van der Waals surface area contributed by atoms with Crippen molar-refractivity contribution in [3.05, 3.63) is 46.2 Å². The van der Waals surface area contributed by atoms with E-state index in [0.717, 1.165) is 6.42 Å². The molecule has 0 fully saturated rings. The normalized spacial score (nSPS) is 11.5. The van der Waals surface area contributed by atoms with Gasteiger partial charge in [0.15, 0.2) is 0 Å². The van der Waals surface area contributed by atoms with Crippen LogP contribution in [0.2, 0.25) is 0 Å². The Balaban J connectivity index is 2.15. The van der Waals surface area contributed by atoms with Crippen molar-refractivity contribution in [3.63, 3.8) is 0 Å². The molecule has 2 rings (SSSR count). The van der Waals surface area contributed by atoms with Crippen LogP contribution in [0.4, 0.5) is 0 Å². The van der Waals surface area contributed by atoms with Gasteiger partial charge in [0, 0.05) is 23.0 Å². The number of hydrogen-bond acceptors (Lipinski definition) is 5. The van der Waals surface area contributed by atoms with Crippen molar-refractivity contribution >= 4 is 27.3 Å². The van der Waals surface area contributed by atoms with Crippen LogP contribution in [-0.2, 0) is 16.4 Å². The number of amides is 1. The largest absolute Gasteiger partial charge is 0.495 e. The standard InChI is InChI=1S/C17H22N2O4S2/c1-12(2)19-25(21,22)16-11-13(6-7-15(16)23-3)17(20)18-9-8-14-5-4-10-24-14/h4-7,10-12,19H,8-9H2,1-3H3,(H,18,20). The van der Waals surface area contributed by atoms with Crippen LogP contribution in [0.25, 0.3) is 0 Å². The molecule has 1 aromatic carbocycles. The van der Waals surface area contributed by atoms with Gasteiger partial charge >= 0.3 is 0 Å². The third-order valence-electron chi connectivity index (χ3n) is 3.34. The van der Waals surface area contributed by atoms with Gasteiger partial charge in [0.05, 0.1) is 7.11 Å². The summed E-state index contributed by atoms with van der Waals surface area (Å²) < 4.78 is 32.5. The highest BCUT2D eigenvalue weighted by molar-refractivity contribution is 7.89. The van der Waals surface area contributed by atoms with E-state index in [9.17, 15) is 13.2 Å². The minimum atomic E-state index is -3.77.